The van der Waals surface area contributed by atoms with Crippen LogP contribution in [0.1, 0.15) is 64.7 Å². The molecular formula is C19H34O4SSi. The fourth-order valence-corrected chi connectivity index (χ4v) is 4.98. The van der Waals surface area contributed by atoms with Crippen molar-refractivity contribution in [3.05, 3.63) is 21.9 Å². The molecule has 2 unspecified atom stereocenters. The summed E-state index contributed by atoms with van der Waals surface area (Å²) in [5.74, 6) is -1.06. The van der Waals surface area contributed by atoms with Gasteiger partial charge in [-0.05, 0) is 59.2 Å². The first kappa shape index (κ1) is 22.3. The van der Waals surface area contributed by atoms with E-state index in [1.54, 1.807) is 11.3 Å². The van der Waals surface area contributed by atoms with Gasteiger partial charge in [0.05, 0.1) is 18.1 Å². The number of carbonyl (C=O) groups is 1. The van der Waals surface area contributed by atoms with E-state index in [4.69, 9.17) is 9.53 Å². The first-order valence-corrected chi connectivity index (χ1v) is 12.7. The lowest BCUT2D eigenvalue weighted by atomic mass is 9.80. The second-order valence-corrected chi connectivity index (χ2v) is 11.7. The first-order chi connectivity index (χ1) is 11.4. The molecule has 0 spiro atoms. The van der Waals surface area contributed by atoms with Crippen LogP contribution < -0.4 is 0 Å². The van der Waals surface area contributed by atoms with Crippen molar-refractivity contribution in [2.45, 2.75) is 78.7 Å². The molecule has 6 heteroatoms. The van der Waals surface area contributed by atoms with Gasteiger partial charge < -0.3 is 14.6 Å². The number of hydrogen-bond acceptors (Lipinski definition) is 4. The maximum absolute atomic E-state index is 11.1. The quantitative estimate of drug-likeness (QED) is 0.607. The third-order valence-corrected chi connectivity index (χ3v) is 6.24. The van der Waals surface area contributed by atoms with Gasteiger partial charge in [-0.25, -0.2) is 0 Å². The third-order valence-electron chi connectivity index (χ3n) is 4.61. The average molecular weight is 387 g/mol. The van der Waals surface area contributed by atoms with Gasteiger partial charge in [0.25, 0.3) is 0 Å². The standard InChI is InChI=1S/C19H34O4SSi/c1-13(2)19(22,10-16(20)21)9-8-14-11-24-12-15(14)17(18(3,4)5)23-25(6)7/h11-13,17,22,25H,8-10H2,1-7H3,(H,20,21). The lowest BCUT2D eigenvalue weighted by molar-refractivity contribution is -0.145. The zero-order chi connectivity index (χ0) is 19.4. The molecule has 0 aromatic carbocycles. The second kappa shape index (κ2) is 8.80. The van der Waals surface area contributed by atoms with Crippen LogP contribution in [0.4, 0.5) is 0 Å². The molecule has 0 saturated heterocycles. The molecular weight excluding hydrogens is 352 g/mol. The van der Waals surface area contributed by atoms with Gasteiger partial charge in [0.2, 0.25) is 0 Å². The Morgan fingerprint density at radius 2 is 1.88 bits per heavy atom. The summed E-state index contributed by atoms with van der Waals surface area (Å²) in [6.45, 7) is 14.7. The molecule has 0 aliphatic heterocycles. The predicted octanol–water partition coefficient (Wildman–Crippen LogP) is 4.63. The van der Waals surface area contributed by atoms with Crippen molar-refractivity contribution in [3.63, 3.8) is 0 Å². The average Bonchev–Trinajstić information content (AvgIpc) is 2.88. The van der Waals surface area contributed by atoms with Crippen LogP contribution in [-0.4, -0.2) is 30.8 Å². The molecule has 0 bridgehead atoms. The van der Waals surface area contributed by atoms with E-state index < -0.39 is 20.6 Å². The predicted molar refractivity (Wildman–Crippen MR) is 107 cm³/mol. The second-order valence-electron chi connectivity index (χ2n) is 8.61. The van der Waals surface area contributed by atoms with E-state index in [0.717, 1.165) is 0 Å². The minimum absolute atomic E-state index is 0.0114. The van der Waals surface area contributed by atoms with Gasteiger partial charge in [-0.2, -0.15) is 11.3 Å². The SMILES string of the molecule is CC(C)C(O)(CCc1cscc1C(O[SiH](C)C)C(C)(C)C)CC(=O)O. The molecule has 0 fully saturated rings. The molecule has 2 atom stereocenters. The molecule has 0 aliphatic carbocycles. The zero-order valence-electron chi connectivity index (χ0n) is 16.6. The molecule has 1 aromatic heterocycles. The summed E-state index contributed by atoms with van der Waals surface area (Å²) in [5.41, 5.74) is 1.17. The number of hydrogen-bond donors (Lipinski definition) is 2. The number of carboxylic acid groups (broad SMARTS) is 1. The minimum Gasteiger partial charge on any atom is -0.481 e. The number of aliphatic hydroxyl groups is 1. The van der Waals surface area contributed by atoms with E-state index in [1.165, 1.54) is 11.1 Å². The first-order valence-electron chi connectivity index (χ1n) is 9.01. The number of thiophene rings is 1. The Balaban J connectivity index is 3.02. The van der Waals surface area contributed by atoms with E-state index in [1.807, 2.05) is 13.8 Å². The van der Waals surface area contributed by atoms with Crippen LogP contribution in [0.2, 0.25) is 13.1 Å². The molecule has 25 heavy (non-hydrogen) atoms. The molecule has 0 aliphatic rings. The summed E-state index contributed by atoms with van der Waals surface area (Å²) in [4.78, 5) is 11.1. The van der Waals surface area contributed by atoms with Crippen LogP contribution in [0.25, 0.3) is 0 Å². The maximum atomic E-state index is 11.1. The summed E-state index contributed by atoms with van der Waals surface area (Å²) in [6, 6.07) is 0. The lowest BCUT2D eigenvalue weighted by Gasteiger charge is -2.34. The molecule has 1 aromatic rings. The fraction of sp³-hybridized carbons (Fsp3) is 0.737. The molecule has 0 saturated carbocycles. The van der Waals surface area contributed by atoms with Gasteiger partial charge >= 0.3 is 5.97 Å². The topological polar surface area (TPSA) is 66.8 Å². The summed E-state index contributed by atoms with van der Waals surface area (Å²) in [7, 11) is -1.21. The van der Waals surface area contributed by atoms with Crippen molar-refractivity contribution < 1.29 is 19.4 Å². The van der Waals surface area contributed by atoms with E-state index in [-0.39, 0.29) is 23.9 Å². The zero-order valence-corrected chi connectivity index (χ0v) is 18.6. The maximum Gasteiger partial charge on any atom is 0.306 e. The molecule has 2 N–H and O–H groups in total. The number of aliphatic carboxylic acids is 1. The van der Waals surface area contributed by atoms with Gasteiger partial charge in [0.1, 0.15) is 0 Å². The van der Waals surface area contributed by atoms with Crippen LogP contribution in [-0.2, 0) is 15.6 Å². The summed E-state index contributed by atoms with van der Waals surface area (Å²) >= 11 is 1.65. The van der Waals surface area contributed by atoms with Crippen LogP contribution >= 0.6 is 11.3 Å². The van der Waals surface area contributed by atoms with Gasteiger partial charge in [0, 0.05) is 0 Å². The van der Waals surface area contributed by atoms with Crippen molar-refractivity contribution in [2.24, 2.45) is 11.3 Å². The van der Waals surface area contributed by atoms with E-state index >= 15 is 0 Å². The van der Waals surface area contributed by atoms with E-state index in [0.29, 0.717) is 12.8 Å². The Bertz CT molecular complexity index is 562. The smallest absolute Gasteiger partial charge is 0.306 e. The van der Waals surface area contributed by atoms with Crippen LogP contribution in [0.15, 0.2) is 10.8 Å². The number of aryl methyl sites for hydroxylation is 1. The van der Waals surface area contributed by atoms with E-state index in [2.05, 4.69) is 44.6 Å². The van der Waals surface area contributed by atoms with Crippen LogP contribution in [0, 0.1) is 11.3 Å². The number of rotatable bonds is 9. The highest BCUT2D eigenvalue weighted by Crippen LogP contribution is 2.40. The highest BCUT2D eigenvalue weighted by molar-refractivity contribution is 7.08. The molecule has 144 valence electrons. The van der Waals surface area contributed by atoms with Gasteiger partial charge in [-0.1, -0.05) is 34.6 Å². The Labute approximate surface area is 158 Å². The highest BCUT2D eigenvalue weighted by atomic mass is 32.1. The molecule has 4 nitrogen and oxygen atoms in total. The van der Waals surface area contributed by atoms with E-state index in [9.17, 15) is 9.90 Å². The molecule has 1 heterocycles. The van der Waals surface area contributed by atoms with Crippen molar-refractivity contribution >= 4 is 26.3 Å². The molecule has 1 rings (SSSR count). The Morgan fingerprint density at radius 3 is 2.32 bits per heavy atom. The summed E-state index contributed by atoms with van der Waals surface area (Å²) < 4.78 is 6.33. The van der Waals surface area contributed by atoms with Crippen LogP contribution in [0.5, 0.6) is 0 Å². The Hall–Kier alpha value is -0.693. The summed E-state index contributed by atoms with van der Waals surface area (Å²) in [5, 5.41) is 24.2. The van der Waals surface area contributed by atoms with Gasteiger partial charge in [-0.3, -0.25) is 4.79 Å². The minimum atomic E-state index is -1.21. The largest absolute Gasteiger partial charge is 0.481 e. The van der Waals surface area contributed by atoms with Crippen molar-refractivity contribution in [2.75, 3.05) is 0 Å². The van der Waals surface area contributed by atoms with Crippen molar-refractivity contribution in [1.29, 1.82) is 0 Å². The Kier molecular flexibility index (Phi) is 7.86. The summed E-state index contributed by atoms with van der Waals surface area (Å²) in [6.07, 6.45) is 0.919. The Morgan fingerprint density at radius 1 is 1.28 bits per heavy atom. The van der Waals surface area contributed by atoms with Crippen molar-refractivity contribution in [3.8, 4) is 0 Å². The fourth-order valence-electron chi connectivity index (χ4n) is 2.98. The number of carboxylic acids is 1. The molecule has 0 radical (unpaired) electrons. The van der Waals surface area contributed by atoms with Crippen LogP contribution in [0.3, 0.4) is 0 Å². The lowest BCUT2D eigenvalue weighted by Crippen LogP contribution is -2.38. The third kappa shape index (κ3) is 6.51. The van der Waals surface area contributed by atoms with Gasteiger partial charge in [0.15, 0.2) is 9.04 Å². The molecule has 0 amide bonds. The highest BCUT2D eigenvalue weighted by Gasteiger charge is 2.35. The monoisotopic (exact) mass is 386 g/mol. The van der Waals surface area contributed by atoms with Crippen molar-refractivity contribution in [1.82, 2.24) is 0 Å². The normalized spacial score (nSPS) is 16.2. The van der Waals surface area contributed by atoms with Gasteiger partial charge in [-0.15, -0.1) is 0 Å².